The van der Waals surface area contributed by atoms with Crippen molar-refractivity contribution < 1.29 is 4.79 Å². The second kappa shape index (κ2) is 3.87. The second-order valence-electron chi connectivity index (χ2n) is 6.29. The minimum atomic E-state index is -0.244. The lowest BCUT2D eigenvalue weighted by molar-refractivity contribution is -0.00343. The number of piperazine rings is 1. The van der Waals surface area contributed by atoms with Crippen LogP contribution < -0.4 is 11.1 Å². The highest BCUT2D eigenvalue weighted by Crippen LogP contribution is 2.50. The Bertz CT molecular complexity index is 305. The lowest BCUT2D eigenvalue weighted by Crippen LogP contribution is -2.72. The normalized spacial score (nSPS) is 36.9. The largest absolute Gasteiger partial charge is 0.351 e. The molecule has 0 aliphatic carbocycles. The average molecular weight is 239 g/mol. The predicted octanol–water partition coefficient (Wildman–Crippen LogP) is 1.55. The molecule has 2 fully saturated rings. The Morgan fingerprint density at radius 2 is 1.53 bits per heavy atom. The Morgan fingerprint density at radius 3 is 1.82 bits per heavy atom. The first-order valence-electron chi connectivity index (χ1n) is 6.67. The Balaban J connectivity index is 2.48. The summed E-state index contributed by atoms with van der Waals surface area (Å²) >= 11 is 0. The van der Waals surface area contributed by atoms with Gasteiger partial charge in [0.1, 0.15) is 0 Å². The number of carbonyl (C=O) groups excluding carboxylic acids is 1. The van der Waals surface area contributed by atoms with E-state index in [0.717, 1.165) is 25.9 Å². The van der Waals surface area contributed by atoms with Gasteiger partial charge in [-0.15, -0.1) is 0 Å². The van der Waals surface area contributed by atoms with Crippen molar-refractivity contribution in [3.05, 3.63) is 0 Å². The number of nitrogens with zero attached hydrogens (tertiary/aromatic N) is 1. The number of carbonyl (C=O) groups is 1. The fraction of sp³-hybridized carbons (Fsp3) is 0.923. The van der Waals surface area contributed by atoms with E-state index in [1.54, 1.807) is 0 Å². The Hall–Kier alpha value is -0.770. The Kier molecular flexibility index (Phi) is 2.89. The van der Waals surface area contributed by atoms with Crippen LogP contribution in [0.3, 0.4) is 0 Å². The fourth-order valence-corrected chi connectivity index (χ4v) is 3.87. The Labute approximate surface area is 104 Å². The molecule has 2 aliphatic heterocycles. The van der Waals surface area contributed by atoms with Crippen molar-refractivity contribution in [3.8, 4) is 0 Å². The molecular weight excluding hydrogens is 214 g/mol. The van der Waals surface area contributed by atoms with Crippen molar-refractivity contribution in [1.82, 2.24) is 10.2 Å². The lowest BCUT2D eigenvalue weighted by Gasteiger charge is -2.54. The summed E-state index contributed by atoms with van der Waals surface area (Å²) in [4.78, 5) is 14.0. The van der Waals surface area contributed by atoms with Gasteiger partial charge in [0.05, 0.1) is 11.1 Å². The van der Waals surface area contributed by atoms with Crippen LogP contribution in [0.25, 0.3) is 0 Å². The zero-order valence-electron chi connectivity index (χ0n) is 11.4. The van der Waals surface area contributed by atoms with Crippen LogP contribution in [0.5, 0.6) is 0 Å². The van der Waals surface area contributed by atoms with Crippen LogP contribution in [0.15, 0.2) is 0 Å². The zero-order chi connectivity index (χ0) is 12.8. The fourth-order valence-electron chi connectivity index (χ4n) is 3.87. The van der Waals surface area contributed by atoms with Gasteiger partial charge in [-0.25, -0.2) is 4.79 Å². The standard InChI is InChI=1S/C13H25N3O/c1-9(2)12-5-6-13(10(3)4,8-15-7-12)16(12)11(14)17/h9-10,15H,5-8H2,1-4H3,(H2,14,17). The van der Waals surface area contributed by atoms with Crippen molar-refractivity contribution in [2.45, 2.75) is 51.6 Å². The molecule has 4 nitrogen and oxygen atoms in total. The number of hydrogen-bond acceptors (Lipinski definition) is 2. The number of hydrogen-bond donors (Lipinski definition) is 2. The van der Waals surface area contributed by atoms with Crippen LogP contribution in [0.2, 0.25) is 0 Å². The number of rotatable bonds is 2. The van der Waals surface area contributed by atoms with Crippen LogP contribution in [-0.2, 0) is 0 Å². The summed E-state index contributed by atoms with van der Waals surface area (Å²) in [6, 6.07) is -0.244. The van der Waals surface area contributed by atoms with Gasteiger partial charge in [-0.3, -0.25) is 0 Å². The van der Waals surface area contributed by atoms with Crippen LogP contribution in [0.1, 0.15) is 40.5 Å². The third-order valence-corrected chi connectivity index (χ3v) is 5.11. The molecule has 0 aromatic heterocycles. The lowest BCUT2D eigenvalue weighted by atomic mass is 9.81. The smallest absolute Gasteiger partial charge is 0.315 e. The van der Waals surface area contributed by atoms with Crippen molar-refractivity contribution in [3.63, 3.8) is 0 Å². The first kappa shape index (κ1) is 12.7. The van der Waals surface area contributed by atoms with Crippen molar-refractivity contribution in [2.24, 2.45) is 17.6 Å². The van der Waals surface area contributed by atoms with Gasteiger partial charge in [0.15, 0.2) is 0 Å². The number of nitrogens with one attached hydrogen (secondary N) is 1. The van der Waals surface area contributed by atoms with E-state index in [4.69, 9.17) is 5.73 Å². The molecule has 4 heteroatoms. The molecule has 98 valence electrons. The van der Waals surface area contributed by atoms with Gasteiger partial charge in [0.25, 0.3) is 0 Å². The van der Waals surface area contributed by atoms with Crippen LogP contribution in [-0.4, -0.2) is 35.1 Å². The number of primary amides is 1. The summed E-state index contributed by atoms with van der Waals surface area (Å²) in [6.45, 7) is 10.5. The molecule has 0 saturated carbocycles. The van der Waals surface area contributed by atoms with E-state index in [0.29, 0.717) is 11.8 Å². The summed E-state index contributed by atoms with van der Waals surface area (Å²) in [5.41, 5.74) is 5.54. The Morgan fingerprint density at radius 1 is 1.12 bits per heavy atom. The van der Waals surface area contributed by atoms with Crippen LogP contribution in [0, 0.1) is 11.8 Å². The van der Waals surface area contributed by atoms with Gasteiger partial charge < -0.3 is 16.0 Å². The molecule has 0 aromatic rings. The minimum Gasteiger partial charge on any atom is -0.351 e. The van der Waals surface area contributed by atoms with Gasteiger partial charge >= 0.3 is 6.03 Å². The first-order valence-corrected chi connectivity index (χ1v) is 6.67. The van der Waals surface area contributed by atoms with Gasteiger partial charge in [0.2, 0.25) is 0 Å². The molecule has 2 aliphatic rings. The molecule has 2 rings (SSSR count). The van der Waals surface area contributed by atoms with E-state index in [-0.39, 0.29) is 17.1 Å². The van der Waals surface area contributed by atoms with E-state index in [9.17, 15) is 4.79 Å². The molecule has 2 saturated heterocycles. The van der Waals surface area contributed by atoms with Crippen molar-refractivity contribution >= 4 is 6.03 Å². The van der Waals surface area contributed by atoms with Gasteiger partial charge in [-0.05, 0) is 24.7 Å². The quantitative estimate of drug-likeness (QED) is 0.768. The highest BCUT2D eigenvalue weighted by molar-refractivity contribution is 5.75. The third-order valence-electron chi connectivity index (χ3n) is 5.11. The van der Waals surface area contributed by atoms with Gasteiger partial charge in [-0.1, -0.05) is 27.7 Å². The molecule has 17 heavy (non-hydrogen) atoms. The first-order chi connectivity index (χ1) is 7.87. The van der Waals surface area contributed by atoms with E-state index < -0.39 is 0 Å². The summed E-state index contributed by atoms with van der Waals surface area (Å²) < 4.78 is 0. The second-order valence-corrected chi connectivity index (χ2v) is 6.29. The maximum Gasteiger partial charge on any atom is 0.315 e. The highest BCUT2D eigenvalue weighted by atomic mass is 16.2. The molecule has 0 aromatic carbocycles. The average Bonchev–Trinajstić information content (AvgIpc) is 2.45. The van der Waals surface area contributed by atoms with Crippen LogP contribution >= 0.6 is 0 Å². The molecule has 3 N–H and O–H groups in total. The predicted molar refractivity (Wildman–Crippen MR) is 68.7 cm³/mol. The number of amides is 2. The van der Waals surface area contributed by atoms with Crippen molar-refractivity contribution in [2.75, 3.05) is 13.1 Å². The minimum absolute atomic E-state index is 0.0750. The summed E-state index contributed by atoms with van der Waals surface area (Å²) in [5.74, 6) is 0.867. The topological polar surface area (TPSA) is 58.4 Å². The maximum absolute atomic E-state index is 12.0. The molecule has 0 radical (unpaired) electrons. The summed E-state index contributed by atoms with van der Waals surface area (Å²) in [7, 11) is 0. The molecule has 0 spiro atoms. The van der Waals surface area contributed by atoms with E-state index >= 15 is 0 Å². The molecule has 2 unspecified atom stereocenters. The maximum atomic E-state index is 12.0. The van der Waals surface area contributed by atoms with E-state index in [1.807, 2.05) is 4.90 Å². The van der Waals surface area contributed by atoms with Gasteiger partial charge in [-0.2, -0.15) is 0 Å². The van der Waals surface area contributed by atoms with Gasteiger partial charge in [0, 0.05) is 13.1 Å². The van der Waals surface area contributed by atoms with Crippen molar-refractivity contribution in [1.29, 1.82) is 0 Å². The SMILES string of the molecule is CC(C)C12CCC(C(C)C)(CNC1)N2C(N)=O. The molecule has 2 atom stereocenters. The third kappa shape index (κ3) is 1.49. The monoisotopic (exact) mass is 239 g/mol. The molecular formula is C13H25N3O. The summed E-state index contributed by atoms with van der Waals surface area (Å²) in [6.07, 6.45) is 2.14. The number of fused-ring (bicyclic) bond motifs is 2. The number of urea groups is 1. The number of nitrogens with two attached hydrogens (primary N) is 1. The van der Waals surface area contributed by atoms with E-state index in [1.165, 1.54) is 0 Å². The van der Waals surface area contributed by atoms with Crippen LogP contribution in [0.4, 0.5) is 4.79 Å². The summed E-state index contributed by atoms with van der Waals surface area (Å²) in [5, 5.41) is 3.53. The zero-order valence-corrected chi connectivity index (χ0v) is 11.4. The molecule has 2 amide bonds. The molecule has 2 bridgehead atoms. The highest BCUT2D eigenvalue weighted by Gasteiger charge is 2.61. The molecule has 2 heterocycles. The van der Waals surface area contributed by atoms with E-state index in [2.05, 4.69) is 33.0 Å².